The van der Waals surface area contributed by atoms with E-state index in [9.17, 15) is 9.59 Å². The molecule has 0 aliphatic carbocycles. The largest absolute Gasteiger partial charge is 0.463 e. The van der Waals surface area contributed by atoms with Crippen molar-refractivity contribution in [2.24, 2.45) is 5.73 Å². The number of furan rings is 1. The van der Waals surface area contributed by atoms with Crippen LogP contribution in [-0.2, 0) is 4.79 Å². The number of quaternary nitrogens is 1. The average Bonchev–Trinajstić information content (AvgIpc) is 3.17. The van der Waals surface area contributed by atoms with Crippen LogP contribution in [0.4, 0.5) is 4.79 Å². The van der Waals surface area contributed by atoms with Gasteiger partial charge < -0.3 is 15.5 Å². The molecule has 132 valence electrons. The van der Waals surface area contributed by atoms with Crippen molar-refractivity contribution in [2.45, 2.75) is 12.1 Å². The minimum absolute atomic E-state index is 0.255. The summed E-state index contributed by atoms with van der Waals surface area (Å²) in [5.41, 5.74) is 6.89. The molecule has 0 saturated carbocycles. The first-order valence-electron chi connectivity index (χ1n) is 8.23. The summed E-state index contributed by atoms with van der Waals surface area (Å²) in [5, 5.41) is 4.04. The van der Waals surface area contributed by atoms with E-state index in [1.54, 1.807) is 12.3 Å². The Hall–Kier alpha value is -3.38. The second kappa shape index (κ2) is 8.13. The van der Waals surface area contributed by atoms with Crippen molar-refractivity contribution in [2.75, 3.05) is 0 Å². The molecular weight excluding hydrogens is 330 g/mol. The first-order chi connectivity index (χ1) is 12.6. The van der Waals surface area contributed by atoms with E-state index in [-0.39, 0.29) is 6.04 Å². The van der Waals surface area contributed by atoms with Gasteiger partial charge in [-0.3, -0.25) is 10.1 Å². The number of nitrogens with two attached hydrogens (primary N) is 2. The van der Waals surface area contributed by atoms with E-state index >= 15 is 0 Å². The molecule has 3 rings (SSSR count). The van der Waals surface area contributed by atoms with Crippen molar-refractivity contribution in [1.29, 1.82) is 0 Å². The minimum atomic E-state index is -0.876. The molecule has 3 aromatic rings. The van der Waals surface area contributed by atoms with Crippen molar-refractivity contribution >= 4 is 11.9 Å². The summed E-state index contributed by atoms with van der Waals surface area (Å²) in [6.45, 7) is 0. The number of amides is 3. The lowest BCUT2D eigenvalue weighted by molar-refractivity contribution is -0.715. The number of carbonyl (C=O) groups is 2. The number of primary amides is 1. The highest BCUT2D eigenvalue weighted by atomic mass is 16.3. The Bertz CT molecular complexity index is 849. The molecule has 26 heavy (non-hydrogen) atoms. The fourth-order valence-corrected chi connectivity index (χ4v) is 2.90. The summed E-state index contributed by atoms with van der Waals surface area (Å²) in [4.78, 5) is 23.8. The SMILES string of the molecule is NC(=O)NC(=O)[C@@H]([NH2+][C@H](c1ccccc1)c1ccco1)c1ccccc1. The molecule has 0 unspecified atom stereocenters. The Labute approximate surface area is 151 Å². The number of hydrogen-bond acceptors (Lipinski definition) is 3. The van der Waals surface area contributed by atoms with Crippen LogP contribution in [-0.4, -0.2) is 11.9 Å². The monoisotopic (exact) mass is 350 g/mol. The van der Waals surface area contributed by atoms with E-state index in [0.717, 1.165) is 11.1 Å². The smallest absolute Gasteiger partial charge is 0.319 e. The fourth-order valence-electron chi connectivity index (χ4n) is 2.90. The van der Waals surface area contributed by atoms with Crippen LogP contribution in [0.3, 0.4) is 0 Å². The van der Waals surface area contributed by atoms with Crippen molar-refractivity contribution in [3.05, 3.63) is 95.9 Å². The number of imide groups is 1. The van der Waals surface area contributed by atoms with Crippen LogP contribution < -0.4 is 16.4 Å². The molecule has 6 nitrogen and oxygen atoms in total. The quantitative estimate of drug-likeness (QED) is 0.632. The van der Waals surface area contributed by atoms with Gasteiger partial charge in [0.2, 0.25) is 0 Å². The predicted molar refractivity (Wildman–Crippen MR) is 95.8 cm³/mol. The Morgan fingerprint density at radius 3 is 2.04 bits per heavy atom. The van der Waals surface area contributed by atoms with Crippen LogP contribution in [0, 0.1) is 0 Å². The van der Waals surface area contributed by atoms with Crippen LogP contribution in [0.5, 0.6) is 0 Å². The predicted octanol–water partition coefficient (Wildman–Crippen LogP) is 1.87. The van der Waals surface area contributed by atoms with Gasteiger partial charge in [0, 0.05) is 11.1 Å². The molecule has 2 aromatic carbocycles. The number of benzene rings is 2. The molecule has 0 aliphatic rings. The van der Waals surface area contributed by atoms with E-state index < -0.39 is 18.0 Å². The molecule has 2 atom stereocenters. The van der Waals surface area contributed by atoms with Gasteiger partial charge in [0.25, 0.3) is 5.91 Å². The highest BCUT2D eigenvalue weighted by Gasteiger charge is 2.31. The number of rotatable bonds is 6. The summed E-state index contributed by atoms with van der Waals surface area (Å²) in [7, 11) is 0. The van der Waals surface area contributed by atoms with Crippen LogP contribution in [0.2, 0.25) is 0 Å². The van der Waals surface area contributed by atoms with Gasteiger partial charge in [0.1, 0.15) is 0 Å². The van der Waals surface area contributed by atoms with E-state index in [2.05, 4.69) is 5.32 Å². The number of carbonyl (C=O) groups excluding carboxylic acids is 2. The molecule has 1 heterocycles. The molecule has 0 radical (unpaired) electrons. The number of nitrogens with one attached hydrogen (secondary N) is 1. The average molecular weight is 350 g/mol. The summed E-state index contributed by atoms with van der Waals surface area (Å²) in [6, 6.07) is 20.8. The standard InChI is InChI=1S/C20H19N3O3/c21-20(25)23-19(24)18(15-10-5-2-6-11-15)22-17(16-12-7-13-26-16)14-8-3-1-4-9-14/h1-13,17-18,22H,(H3,21,23,24,25)/p+1/t17-,18+/m1/s1. The molecule has 3 amide bonds. The second-order valence-electron chi connectivity index (χ2n) is 5.84. The van der Waals surface area contributed by atoms with Crippen molar-refractivity contribution in [3.8, 4) is 0 Å². The lowest BCUT2D eigenvalue weighted by Crippen LogP contribution is -2.88. The number of hydrogen-bond donors (Lipinski definition) is 3. The molecule has 0 aliphatic heterocycles. The number of urea groups is 1. The maximum absolute atomic E-state index is 12.6. The highest BCUT2D eigenvalue weighted by Crippen LogP contribution is 2.20. The maximum Gasteiger partial charge on any atom is 0.319 e. The molecular formula is C20H20N3O3+. The third kappa shape index (κ3) is 4.17. The third-order valence-corrected chi connectivity index (χ3v) is 4.08. The Kier molecular flexibility index (Phi) is 5.46. The zero-order chi connectivity index (χ0) is 18.4. The molecule has 0 saturated heterocycles. The molecule has 1 aromatic heterocycles. The Morgan fingerprint density at radius 2 is 1.50 bits per heavy atom. The normalized spacial score (nSPS) is 12.9. The van der Waals surface area contributed by atoms with Gasteiger partial charge in [-0.2, -0.15) is 0 Å². The van der Waals surface area contributed by atoms with Gasteiger partial charge in [-0.1, -0.05) is 60.7 Å². The van der Waals surface area contributed by atoms with Crippen LogP contribution in [0.25, 0.3) is 0 Å². The van der Waals surface area contributed by atoms with Gasteiger partial charge in [-0.15, -0.1) is 0 Å². The van der Waals surface area contributed by atoms with Gasteiger partial charge in [0.05, 0.1) is 6.26 Å². The zero-order valence-corrected chi connectivity index (χ0v) is 14.0. The summed E-state index contributed by atoms with van der Waals surface area (Å²) < 4.78 is 5.59. The van der Waals surface area contributed by atoms with Crippen LogP contribution in [0.15, 0.2) is 83.5 Å². The van der Waals surface area contributed by atoms with Gasteiger partial charge in [-0.05, 0) is 12.1 Å². The first kappa shape index (κ1) is 17.4. The lowest BCUT2D eigenvalue weighted by atomic mass is 10.00. The minimum Gasteiger partial charge on any atom is -0.463 e. The van der Waals surface area contributed by atoms with Crippen LogP contribution >= 0.6 is 0 Å². The van der Waals surface area contributed by atoms with Crippen LogP contribution in [0.1, 0.15) is 29.0 Å². The van der Waals surface area contributed by atoms with Crippen molar-refractivity contribution in [3.63, 3.8) is 0 Å². The topological polar surface area (TPSA) is 102 Å². The molecule has 5 N–H and O–H groups in total. The molecule has 0 bridgehead atoms. The fraction of sp³-hybridized carbons (Fsp3) is 0.100. The molecule has 0 fully saturated rings. The van der Waals surface area contributed by atoms with E-state index in [0.29, 0.717) is 5.76 Å². The first-order valence-corrected chi connectivity index (χ1v) is 8.23. The molecule has 6 heteroatoms. The van der Waals surface area contributed by atoms with Gasteiger partial charge in [0.15, 0.2) is 17.8 Å². The Morgan fingerprint density at radius 1 is 0.885 bits per heavy atom. The summed E-state index contributed by atoms with van der Waals surface area (Å²) in [5.74, 6) is 0.236. The zero-order valence-electron chi connectivity index (χ0n) is 14.0. The summed E-state index contributed by atoms with van der Waals surface area (Å²) in [6.07, 6.45) is 1.60. The Balaban J connectivity index is 1.97. The van der Waals surface area contributed by atoms with E-state index in [1.807, 2.05) is 72.0 Å². The third-order valence-electron chi connectivity index (χ3n) is 4.08. The van der Waals surface area contributed by atoms with Crippen molar-refractivity contribution in [1.82, 2.24) is 5.32 Å². The van der Waals surface area contributed by atoms with E-state index in [4.69, 9.17) is 10.2 Å². The van der Waals surface area contributed by atoms with E-state index in [1.165, 1.54) is 0 Å². The second-order valence-corrected chi connectivity index (χ2v) is 5.84. The maximum atomic E-state index is 12.6. The van der Waals surface area contributed by atoms with Gasteiger partial charge in [-0.25, -0.2) is 4.79 Å². The highest BCUT2D eigenvalue weighted by molar-refractivity contribution is 5.96. The van der Waals surface area contributed by atoms with Gasteiger partial charge >= 0.3 is 6.03 Å². The lowest BCUT2D eigenvalue weighted by Gasteiger charge is -2.21. The van der Waals surface area contributed by atoms with Crippen molar-refractivity contribution < 1.29 is 19.3 Å². The molecule has 0 spiro atoms. The summed E-state index contributed by atoms with van der Waals surface area (Å²) >= 11 is 0.